The molecule has 0 saturated heterocycles. The third-order valence-electron chi connectivity index (χ3n) is 4.26. The summed E-state index contributed by atoms with van der Waals surface area (Å²) >= 11 is 1.63. The van der Waals surface area contributed by atoms with Crippen LogP contribution >= 0.6 is 11.8 Å². The van der Waals surface area contributed by atoms with Crippen LogP contribution in [0, 0.1) is 0 Å². The van der Waals surface area contributed by atoms with Crippen molar-refractivity contribution in [2.75, 3.05) is 18.6 Å². The molecule has 0 spiro atoms. The molecule has 2 rings (SSSR count). The van der Waals surface area contributed by atoms with E-state index in [0.717, 1.165) is 36.7 Å². The van der Waals surface area contributed by atoms with E-state index in [0.29, 0.717) is 19.5 Å². The van der Waals surface area contributed by atoms with Crippen molar-refractivity contribution < 1.29 is 14.4 Å². The topological polar surface area (TPSA) is 96.3 Å². The van der Waals surface area contributed by atoms with Gasteiger partial charge in [0.15, 0.2) is 0 Å². The van der Waals surface area contributed by atoms with Gasteiger partial charge in [0.2, 0.25) is 17.7 Å². The fourth-order valence-corrected chi connectivity index (χ4v) is 3.40. The normalized spacial score (nSPS) is 15.0. The smallest absolute Gasteiger partial charge is 0.242 e. The van der Waals surface area contributed by atoms with Crippen molar-refractivity contribution >= 4 is 29.5 Å². The first kappa shape index (κ1) is 20.3. The number of rotatable bonds is 7. The maximum atomic E-state index is 12.4. The standard InChI is InChI=1S/C17H27N5O3S/c1-12(23)19-16(5-8-26-3)17(25)18-10-14-9-15-11-21(13(2)24)6-4-7-22(15)20-14/h9,16H,4-8,10-11H2,1-3H3,(H,18,25)(H,19,23)/t16-/m0/s1. The predicted molar refractivity (Wildman–Crippen MR) is 100 cm³/mol. The van der Waals surface area contributed by atoms with E-state index in [4.69, 9.17) is 0 Å². The molecule has 2 N–H and O–H groups in total. The Labute approximate surface area is 158 Å². The van der Waals surface area contributed by atoms with Crippen LogP contribution < -0.4 is 10.6 Å². The number of hydrogen-bond acceptors (Lipinski definition) is 5. The van der Waals surface area contributed by atoms with Gasteiger partial charge < -0.3 is 15.5 Å². The molecule has 0 aromatic carbocycles. The zero-order valence-electron chi connectivity index (χ0n) is 15.6. The molecular formula is C17H27N5O3S. The highest BCUT2D eigenvalue weighted by atomic mass is 32.2. The number of nitrogens with zero attached hydrogens (tertiary/aromatic N) is 3. The third-order valence-corrected chi connectivity index (χ3v) is 4.90. The summed E-state index contributed by atoms with van der Waals surface area (Å²) in [5.41, 5.74) is 1.73. The van der Waals surface area contributed by atoms with E-state index < -0.39 is 6.04 Å². The Morgan fingerprint density at radius 1 is 1.31 bits per heavy atom. The Balaban J connectivity index is 1.96. The minimum absolute atomic E-state index is 0.0569. The quantitative estimate of drug-likeness (QED) is 0.717. The SMILES string of the molecule is CSCC[C@H](NC(C)=O)C(=O)NCc1cc2n(n1)CCCN(C(C)=O)C2. The summed E-state index contributed by atoms with van der Waals surface area (Å²) in [6.07, 6.45) is 3.41. The Bertz CT molecular complexity index is 661. The lowest BCUT2D eigenvalue weighted by molar-refractivity contribution is -0.129. The van der Waals surface area contributed by atoms with Gasteiger partial charge >= 0.3 is 0 Å². The molecule has 0 aliphatic carbocycles. The van der Waals surface area contributed by atoms with Crippen molar-refractivity contribution in [3.05, 3.63) is 17.5 Å². The van der Waals surface area contributed by atoms with Crippen molar-refractivity contribution in [1.29, 1.82) is 0 Å². The second-order valence-corrected chi connectivity index (χ2v) is 7.38. The van der Waals surface area contributed by atoms with E-state index >= 15 is 0 Å². The first-order valence-corrected chi connectivity index (χ1v) is 10.1. The van der Waals surface area contributed by atoms with Crippen LogP contribution in [0.15, 0.2) is 6.07 Å². The summed E-state index contributed by atoms with van der Waals surface area (Å²) in [7, 11) is 0. The molecule has 144 valence electrons. The summed E-state index contributed by atoms with van der Waals surface area (Å²) in [5, 5.41) is 10.1. The van der Waals surface area contributed by atoms with Crippen LogP contribution in [0.5, 0.6) is 0 Å². The number of amides is 3. The number of aryl methyl sites for hydroxylation is 1. The number of carbonyl (C=O) groups is 3. The minimum atomic E-state index is -0.534. The van der Waals surface area contributed by atoms with Crippen LogP contribution in [-0.4, -0.2) is 57.0 Å². The van der Waals surface area contributed by atoms with Gasteiger partial charge in [0.25, 0.3) is 0 Å². The molecule has 1 aromatic heterocycles. The molecule has 9 heteroatoms. The van der Waals surface area contributed by atoms with Gasteiger partial charge in [-0.2, -0.15) is 16.9 Å². The molecule has 3 amide bonds. The van der Waals surface area contributed by atoms with Gasteiger partial charge in [0, 0.05) is 26.9 Å². The number of carbonyl (C=O) groups excluding carboxylic acids is 3. The largest absolute Gasteiger partial charge is 0.349 e. The molecule has 0 fully saturated rings. The molecule has 1 aliphatic heterocycles. The Morgan fingerprint density at radius 3 is 2.73 bits per heavy atom. The van der Waals surface area contributed by atoms with Gasteiger partial charge in [-0.3, -0.25) is 19.1 Å². The maximum absolute atomic E-state index is 12.4. The Kier molecular flexibility index (Phi) is 7.50. The fraction of sp³-hybridized carbons (Fsp3) is 0.647. The van der Waals surface area contributed by atoms with Gasteiger partial charge in [0.05, 0.1) is 24.5 Å². The van der Waals surface area contributed by atoms with Crippen LogP contribution in [0.3, 0.4) is 0 Å². The summed E-state index contributed by atoms with van der Waals surface area (Å²) in [6.45, 7) is 5.32. The molecular weight excluding hydrogens is 354 g/mol. The highest BCUT2D eigenvalue weighted by Gasteiger charge is 2.21. The molecule has 0 unspecified atom stereocenters. The lowest BCUT2D eigenvalue weighted by atomic mass is 10.2. The number of thioether (sulfide) groups is 1. The average Bonchev–Trinajstić information content (AvgIpc) is 2.86. The van der Waals surface area contributed by atoms with Crippen molar-refractivity contribution in [1.82, 2.24) is 25.3 Å². The lowest BCUT2D eigenvalue weighted by Crippen LogP contribution is -2.46. The molecule has 1 aliphatic rings. The minimum Gasteiger partial charge on any atom is -0.349 e. The van der Waals surface area contributed by atoms with E-state index in [1.54, 1.807) is 23.6 Å². The zero-order chi connectivity index (χ0) is 19.1. The van der Waals surface area contributed by atoms with E-state index in [2.05, 4.69) is 15.7 Å². The van der Waals surface area contributed by atoms with Gasteiger partial charge in [-0.05, 0) is 30.9 Å². The highest BCUT2D eigenvalue weighted by molar-refractivity contribution is 7.98. The predicted octanol–water partition coefficient (Wildman–Crippen LogP) is 0.509. The van der Waals surface area contributed by atoms with E-state index in [9.17, 15) is 14.4 Å². The Hall–Kier alpha value is -2.03. The number of hydrogen-bond donors (Lipinski definition) is 2. The van der Waals surface area contributed by atoms with E-state index in [1.165, 1.54) is 6.92 Å². The second kappa shape index (κ2) is 9.61. The summed E-state index contributed by atoms with van der Waals surface area (Å²) in [6, 6.07) is 1.39. The highest BCUT2D eigenvalue weighted by Crippen LogP contribution is 2.14. The van der Waals surface area contributed by atoms with Crippen LogP contribution in [-0.2, 0) is 34.0 Å². The lowest BCUT2D eigenvalue weighted by Gasteiger charge is -2.17. The zero-order valence-corrected chi connectivity index (χ0v) is 16.4. The van der Waals surface area contributed by atoms with Crippen molar-refractivity contribution in [2.24, 2.45) is 0 Å². The Morgan fingerprint density at radius 2 is 2.08 bits per heavy atom. The maximum Gasteiger partial charge on any atom is 0.242 e. The van der Waals surface area contributed by atoms with Gasteiger partial charge in [-0.25, -0.2) is 0 Å². The molecule has 26 heavy (non-hydrogen) atoms. The monoisotopic (exact) mass is 381 g/mol. The summed E-state index contributed by atoms with van der Waals surface area (Å²) in [4.78, 5) is 37.1. The summed E-state index contributed by atoms with van der Waals surface area (Å²) in [5.74, 6) is 0.423. The average molecular weight is 382 g/mol. The molecule has 2 heterocycles. The summed E-state index contributed by atoms with van der Waals surface area (Å²) < 4.78 is 1.91. The van der Waals surface area contributed by atoms with Gasteiger partial charge in [-0.1, -0.05) is 0 Å². The molecule has 8 nitrogen and oxygen atoms in total. The van der Waals surface area contributed by atoms with E-state index in [-0.39, 0.29) is 17.7 Å². The molecule has 0 radical (unpaired) electrons. The van der Waals surface area contributed by atoms with Gasteiger partial charge in [-0.15, -0.1) is 0 Å². The number of fused-ring (bicyclic) bond motifs is 1. The number of aromatic nitrogens is 2. The first-order valence-electron chi connectivity index (χ1n) is 8.75. The molecule has 1 atom stereocenters. The van der Waals surface area contributed by atoms with Crippen LogP contribution in [0.1, 0.15) is 38.1 Å². The van der Waals surface area contributed by atoms with Crippen LogP contribution in [0.2, 0.25) is 0 Å². The van der Waals surface area contributed by atoms with Crippen LogP contribution in [0.4, 0.5) is 0 Å². The second-order valence-electron chi connectivity index (χ2n) is 6.40. The van der Waals surface area contributed by atoms with E-state index in [1.807, 2.05) is 17.0 Å². The van der Waals surface area contributed by atoms with Crippen LogP contribution in [0.25, 0.3) is 0 Å². The number of nitrogens with one attached hydrogen (secondary N) is 2. The molecule has 0 bridgehead atoms. The van der Waals surface area contributed by atoms with Crippen molar-refractivity contribution in [2.45, 2.75) is 52.4 Å². The molecule has 0 saturated carbocycles. The van der Waals surface area contributed by atoms with Gasteiger partial charge in [0.1, 0.15) is 6.04 Å². The molecule has 1 aromatic rings. The third kappa shape index (κ3) is 5.76. The van der Waals surface area contributed by atoms with Crippen molar-refractivity contribution in [3.8, 4) is 0 Å². The fourth-order valence-electron chi connectivity index (χ4n) is 2.93. The van der Waals surface area contributed by atoms with Crippen molar-refractivity contribution in [3.63, 3.8) is 0 Å². The first-order chi connectivity index (χ1) is 12.4.